The number of para-hydroxylation sites is 1. The summed E-state index contributed by atoms with van der Waals surface area (Å²) >= 11 is 0. The molecule has 0 amide bonds. The fraction of sp³-hybridized carbons (Fsp3) is 0.0588. The number of ether oxygens (including phenoxy) is 1. The second-order valence-electron chi connectivity index (χ2n) is 14.5. The molecule has 2 heteroatoms. The quantitative estimate of drug-likeness (QED) is 0.180. The zero-order chi connectivity index (χ0) is 35.5. The fourth-order valence-electron chi connectivity index (χ4n) is 8.45. The van der Waals surface area contributed by atoms with Crippen molar-refractivity contribution in [2.24, 2.45) is 0 Å². The van der Waals surface area contributed by atoms with Gasteiger partial charge in [-0.2, -0.15) is 0 Å². The minimum absolute atomic E-state index is 0.135. The number of rotatable bonds is 5. The van der Waals surface area contributed by atoms with Gasteiger partial charge in [0.25, 0.3) is 0 Å². The summed E-state index contributed by atoms with van der Waals surface area (Å²) in [4.78, 5) is 2.42. The van der Waals surface area contributed by atoms with Gasteiger partial charge in [-0.1, -0.05) is 153 Å². The molecule has 0 radical (unpaired) electrons. The van der Waals surface area contributed by atoms with Crippen LogP contribution in [0.2, 0.25) is 0 Å². The van der Waals surface area contributed by atoms with Crippen LogP contribution in [0.3, 0.4) is 0 Å². The number of anilines is 3. The highest BCUT2D eigenvalue weighted by Crippen LogP contribution is 2.55. The third kappa shape index (κ3) is 5.10. The fourth-order valence-corrected chi connectivity index (χ4v) is 8.45. The second-order valence-corrected chi connectivity index (χ2v) is 14.5. The van der Waals surface area contributed by atoms with Crippen LogP contribution < -0.4 is 9.64 Å². The Kier molecular flexibility index (Phi) is 7.19. The molecule has 0 atom stereocenters. The van der Waals surface area contributed by atoms with Gasteiger partial charge in [0, 0.05) is 27.9 Å². The van der Waals surface area contributed by atoms with Crippen molar-refractivity contribution >= 4 is 17.1 Å². The Morgan fingerprint density at radius 2 is 0.943 bits per heavy atom. The van der Waals surface area contributed by atoms with Crippen molar-refractivity contribution in [1.29, 1.82) is 0 Å². The minimum Gasteiger partial charge on any atom is -0.456 e. The Morgan fingerprint density at radius 1 is 0.377 bits per heavy atom. The van der Waals surface area contributed by atoms with E-state index in [1.165, 1.54) is 44.5 Å². The van der Waals surface area contributed by atoms with Crippen LogP contribution in [0, 0.1) is 0 Å². The van der Waals surface area contributed by atoms with Crippen LogP contribution >= 0.6 is 0 Å². The van der Waals surface area contributed by atoms with E-state index < -0.39 is 0 Å². The van der Waals surface area contributed by atoms with Crippen molar-refractivity contribution in [2.75, 3.05) is 4.90 Å². The van der Waals surface area contributed by atoms with Gasteiger partial charge in [0.1, 0.15) is 11.5 Å². The van der Waals surface area contributed by atoms with E-state index in [2.05, 4.69) is 207 Å². The Morgan fingerprint density at radius 3 is 1.72 bits per heavy atom. The predicted molar refractivity (Wildman–Crippen MR) is 221 cm³/mol. The van der Waals surface area contributed by atoms with Crippen molar-refractivity contribution in [3.8, 4) is 67.1 Å². The molecule has 0 aromatic heterocycles. The molecule has 0 spiro atoms. The molecular weight excluding hydrogens is 643 g/mol. The number of benzene rings is 8. The van der Waals surface area contributed by atoms with Gasteiger partial charge in [-0.3, -0.25) is 0 Å². The molecule has 8 aromatic carbocycles. The number of fused-ring (bicyclic) bond motifs is 8. The van der Waals surface area contributed by atoms with E-state index >= 15 is 0 Å². The van der Waals surface area contributed by atoms with E-state index in [-0.39, 0.29) is 5.41 Å². The lowest BCUT2D eigenvalue weighted by Crippen LogP contribution is -2.17. The third-order valence-electron chi connectivity index (χ3n) is 11.1. The number of hydrogen-bond acceptors (Lipinski definition) is 2. The molecule has 0 saturated carbocycles. The highest BCUT2D eigenvalue weighted by atomic mass is 16.5. The van der Waals surface area contributed by atoms with E-state index in [1.54, 1.807) is 0 Å². The van der Waals surface area contributed by atoms with Crippen LogP contribution in [0.15, 0.2) is 188 Å². The molecule has 10 rings (SSSR count). The van der Waals surface area contributed by atoms with Crippen molar-refractivity contribution < 1.29 is 4.74 Å². The average Bonchev–Trinajstić information content (AvgIpc) is 3.34. The molecule has 0 unspecified atom stereocenters. The highest BCUT2D eigenvalue weighted by Gasteiger charge is 2.36. The van der Waals surface area contributed by atoms with E-state index in [0.29, 0.717) is 0 Å². The molecule has 1 aliphatic heterocycles. The summed E-state index contributed by atoms with van der Waals surface area (Å²) in [5, 5.41) is 0. The van der Waals surface area contributed by atoms with Crippen molar-refractivity contribution in [2.45, 2.75) is 19.3 Å². The van der Waals surface area contributed by atoms with Gasteiger partial charge in [0.2, 0.25) is 0 Å². The lowest BCUT2D eigenvalue weighted by Gasteiger charge is -2.30. The van der Waals surface area contributed by atoms with Gasteiger partial charge >= 0.3 is 0 Å². The minimum atomic E-state index is -0.135. The zero-order valence-electron chi connectivity index (χ0n) is 29.8. The topological polar surface area (TPSA) is 12.5 Å². The smallest absolute Gasteiger partial charge is 0.137 e. The number of nitrogens with zero attached hydrogens (tertiary/aromatic N) is 1. The van der Waals surface area contributed by atoms with Gasteiger partial charge in [0.05, 0.1) is 5.69 Å². The maximum Gasteiger partial charge on any atom is 0.137 e. The Bertz CT molecular complexity index is 2660. The van der Waals surface area contributed by atoms with Crippen LogP contribution in [0.1, 0.15) is 25.0 Å². The van der Waals surface area contributed by atoms with Crippen LogP contribution in [0.5, 0.6) is 11.5 Å². The van der Waals surface area contributed by atoms with Gasteiger partial charge in [-0.05, 0) is 104 Å². The summed E-state index contributed by atoms with van der Waals surface area (Å²) in [6, 6.07) is 67.8. The molecular formula is C51H37NO. The van der Waals surface area contributed by atoms with Crippen molar-refractivity contribution in [3.05, 3.63) is 199 Å². The van der Waals surface area contributed by atoms with E-state index in [0.717, 1.165) is 50.8 Å². The van der Waals surface area contributed by atoms with Crippen LogP contribution in [0.4, 0.5) is 17.1 Å². The van der Waals surface area contributed by atoms with E-state index in [1.807, 2.05) is 0 Å². The van der Waals surface area contributed by atoms with E-state index in [4.69, 9.17) is 4.74 Å². The monoisotopic (exact) mass is 679 g/mol. The van der Waals surface area contributed by atoms with Crippen molar-refractivity contribution in [3.63, 3.8) is 0 Å². The molecule has 0 saturated heterocycles. The van der Waals surface area contributed by atoms with Crippen molar-refractivity contribution in [1.82, 2.24) is 0 Å². The third-order valence-corrected chi connectivity index (χ3v) is 11.1. The molecule has 53 heavy (non-hydrogen) atoms. The summed E-state index contributed by atoms with van der Waals surface area (Å²) in [7, 11) is 0. The Labute approximate surface area is 311 Å². The highest BCUT2D eigenvalue weighted by molar-refractivity contribution is 6.00. The first-order valence-corrected chi connectivity index (χ1v) is 18.3. The normalized spacial score (nSPS) is 13.0. The van der Waals surface area contributed by atoms with Gasteiger partial charge < -0.3 is 9.64 Å². The molecule has 2 nitrogen and oxygen atoms in total. The summed E-state index contributed by atoms with van der Waals surface area (Å²) < 4.78 is 6.89. The second kappa shape index (κ2) is 12.3. The van der Waals surface area contributed by atoms with Gasteiger partial charge in [-0.25, -0.2) is 0 Å². The first-order chi connectivity index (χ1) is 26.0. The molecule has 2 aliphatic rings. The van der Waals surface area contributed by atoms with E-state index in [9.17, 15) is 0 Å². The molecule has 8 aromatic rings. The Hall–Kier alpha value is -6.64. The lowest BCUT2D eigenvalue weighted by molar-refractivity contribution is 0.488. The van der Waals surface area contributed by atoms with Crippen LogP contribution in [0.25, 0.3) is 55.6 Å². The first kappa shape index (κ1) is 31.1. The van der Waals surface area contributed by atoms with Crippen LogP contribution in [-0.4, -0.2) is 0 Å². The summed E-state index contributed by atoms with van der Waals surface area (Å²) in [5.41, 5.74) is 17.6. The zero-order valence-corrected chi connectivity index (χ0v) is 29.8. The summed E-state index contributed by atoms with van der Waals surface area (Å²) in [5.74, 6) is 1.69. The average molecular weight is 680 g/mol. The summed E-state index contributed by atoms with van der Waals surface area (Å²) in [6.45, 7) is 4.70. The first-order valence-electron chi connectivity index (χ1n) is 18.3. The SMILES string of the molecule is CC1(C)c2ccccc2-c2ccc(N(c3ccc(-c4ccccc4)cc3)c3cccc4c3-c3ccc(-c5ccccc5)cc3-c3ccccc3O4)cc21. The molecule has 1 heterocycles. The standard InChI is InChI=1S/C51H37NO/c1-51(2)45-20-11-9-18-40(45)41-31-29-39(33-46(41)51)52(38-27-24-36(25-28-38)34-14-5-3-6-15-34)47-21-13-23-49-50(47)43-30-26-37(35-16-7-4-8-17-35)32-44(43)42-19-10-12-22-48(42)53-49/h3-33H,1-2H3. The van der Waals surface area contributed by atoms with Crippen LogP contribution in [-0.2, 0) is 5.41 Å². The molecule has 0 N–H and O–H groups in total. The summed E-state index contributed by atoms with van der Waals surface area (Å²) in [6.07, 6.45) is 0. The lowest BCUT2D eigenvalue weighted by atomic mass is 9.82. The molecule has 0 bridgehead atoms. The number of hydrogen-bond donors (Lipinski definition) is 0. The maximum absolute atomic E-state index is 6.89. The molecule has 1 aliphatic carbocycles. The Balaban J connectivity index is 1.21. The molecule has 0 fully saturated rings. The largest absolute Gasteiger partial charge is 0.456 e. The van der Waals surface area contributed by atoms with Gasteiger partial charge in [0.15, 0.2) is 0 Å². The maximum atomic E-state index is 6.89. The predicted octanol–water partition coefficient (Wildman–Crippen LogP) is 14.2. The van der Waals surface area contributed by atoms with Gasteiger partial charge in [-0.15, -0.1) is 0 Å². The molecule has 252 valence electrons.